The van der Waals surface area contributed by atoms with Crippen LogP contribution in [0, 0.1) is 6.92 Å². The van der Waals surface area contributed by atoms with Gasteiger partial charge in [0.1, 0.15) is 5.75 Å². The van der Waals surface area contributed by atoms with E-state index in [0.717, 1.165) is 23.0 Å². The second kappa shape index (κ2) is 8.08. The Balaban J connectivity index is 1.61. The predicted octanol–water partition coefficient (Wildman–Crippen LogP) is 4.23. The van der Waals surface area contributed by atoms with Gasteiger partial charge in [-0.15, -0.1) is 0 Å². The van der Waals surface area contributed by atoms with Gasteiger partial charge in [0.05, 0.1) is 0 Å². The van der Waals surface area contributed by atoms with Gasteiger partial charge in [-0.25, -0.2) is 4.79 Å². The van der Waals surface area contributed by atoms with Gasteiger partial charge < -0.3 is 14.5 Å². The lowest BCUT2D eigenvalue weighted by molar-refractivity contribution is -0.148. The molecule has 5 heteroatoms. The summed E-state index contributed by atoms with van der Waals surface area (Å²) in [5.74, 6) is -0.214. The largest absolute Gasteiger partial charge is 0.482 e. The first-order valence-corrected chi connectivity index (χ1v) is 9.02. The highest BCUT2D eigenvalue weighted by molar-refractivity contribution is 6.11. The average molecular weight is 365 g/mol. The molecule has 0 unspecified atom stereocenters. The van der Waals surface area contributed by atoms with E-state index in [1.165, 1.54) is 5.56 Å². The Morgan fingerprint density at radius 3 is 2.48 bits per heavy atom. The van der Waals surface area contributed by atoms with Crippen LogP contribution in [0.3, 0.4) is 0 Å². The van der Waals surface area contributed by atoms with Crippen LogP contribution in [0.2, 0.25) is 0 Å². The minimum Gasteiger partial charge on any atom is -0.482 e. The quantitative estimate of drug-likeness (QED) is 0.502. The van der Waals surface area contributed by atoms with Crippen LogP contribution in [0.15, 0.2) is 48.5 Å². The van der Waals surface area contributed by atoms with Crippen molar-refractivity contribution in [1.29, 1.82) is 0 Å². The molecule has 1 atom stereocenters. The lowest BCUT2D eigenvalue weighted by atomic mass is 10.0. The summed E-state index contributed by atoms with van der Waals surface area (Å²) < 4.78 is 10.7. The number of aryl methyl sites for hydroxylation is 2. The summed E-state index contributed by atoms with van der Waals surface area (Å²) in [5, 5.41) is 0.829. The number of esters is 1. The molecule has 0 saturated heterocycles. The molecule has 5 nitrogen and oxygen atoms in total. The molecule has 0 spiro atoms. The standard InChI is InChI=1S/C22H23NO4/c1-4-16-9-11-17(12-10-16)26-13-20(24)27-15(3)22(25)21-14(2)23-19-8-6-5-7-18(19)21/h5-12,15,23H,4,13H2,1-3H3/t15-/m0/s1. The van der Waals surface area contributed by atoms with Gasteiger partial charge in [-0.1, -0.05) is 37.3 Å². The summed E-state index contributed by atoms with van der Waals surface area (Å²) in [7, 11) is 0. The van der Waals surface area contributed by atoms with E-state index in [1.807, 2.05) is 55.5 Å². The fourth-order valence-corrected chi connectivity index (χ4v) is 3.05. The maximum Gasteiger partial charge on any atom is 0.344 e. The number of fused-ring (bicyclic) bond motifs is 1. The maximum atomic E-state index is 12.8. The van der Waals surface area contributed by atoms with Crippen molar-refractivity contribution in [2.75, 3.05) is 6.61 Å². The van der Waals surface area contributed by atoms with Gasteiger partial charge in [-0.2, -0.15) is 0 Å². The monoisotopic (exact) mass is 365 g/mol. The van der Waals surface area contributed by atoms with Crippen LogP contribution < -0.4 is 4.74 Å². The Kier molecular flexibility index (Phi) is 5.60. The van der Waals surface area contributed by atoms with Crippen LogP contribution >= 0.6 is 0 Å². The molecule has 3 rings (SSSR count). The molecule has 1 N–H and O–H groups in total. The first-order valence-electron chi connectivity index (χ1n) is 9.02. The normalized spacial score (nSPS) is 12.0. The number of Topliss-reactive ketones (excluding diaryl/α,β-unsaturated/α-hetero) is 1. The first-order chi connectivity index (χ1) is 13.0. The van der Waals surface area contributed by atoms with Gasteiger partial charge in [-0.3, -0.25) is 4.79 Å². The highest BCUT2D eigenvalue weighted by Gasteiger charge is 2.24. The number of carbonyl (C=O) groups excluding carboxylic acids is 2. The Bertz CT molecular complexity index is 956. The molecular weight excluding hydrogens is 342 g/mol. The minimum absolute atomic E-state index is 0.231. The number of hydrogen-bond acceptors (Lipinski definition) is 4. The van der Waals surface area contributed by atoms with E-state index in [1.54, 1.807) is 6.92 Å². The number of para-hydroxylation sites is 1. The first kappa shape index (κ1) is 18.7. The van der Waals surface area contributed by atoms with Gasteiger partial charge in [0, 0.05) is 22.2 Å². The van der Waals surface area contributed by atoms with Gasteiger partial charge in [0.25, 0.3) is 0 Å². The van der Waals surface area contributed by atoms with Crippen molar-refractivity contribution in [2.24, 2.45) is 0 Å². The summed E-state index contributed by atoms with van der Waals surface area (Å²) >= 11 is 0. The van der Waals surface area contributed by atoms with Gasteiger partial charge in [-0.05, 0) is 44.0 Å². The summed E-state index contributed by atoms with van der Waals surface area (Å²) in [6.07, 6.45) is 0.0522. The van der Waals surface area contributed by atoms with Crippen LogP contribution in [-0.4, -0.2) is 29.4 Å². The van der Waals surface area contributed by atoms with Crippen LogP contribution in [0.5, 0.6) is 5.75 Å². The number of H-pyrrole nitrogens is 1. The summed E-state index contributed by atoms with van der Waals surface area (Å²) in [4.78, 5) is 28.0. The smallest absolute Gasteiger partial charge is 0.344 e. The molecule has 0 bridgehead atoms. The second-order valence-electron chi connectivity index (χ2n) is 6.45. The maximum absolute atomic E-state index is 12.8. The summed E-state index contributed by atoms with van der Waals surface area (Å²) in [6, 6.07) is 15.1. The van der Waals surface area contributed by atoms with E-state index < -0.39 is 12.1 Å². The number of rotatable bonds is 7. The molecular formula is C22H23NO4. The Morgan fingerprint density at radius 2 is 1.78 bits per heavy atom. The number of nitrogens with one attached hydrogen (secondary N) is 1. The molecule has 1 aromatic heterocycles. The number of benzene rings is 2. The third-order valence-corrected chi connectivity index (χ3v) is 4.51. The molecule has 0 aliphatic rings. The van der Waals surface area contributed by atoms with Crippen molar-refractivity contribution in [1.82, 2.24) is 4.98 Å². The van der Waals surface area contributed by atoms with Crippen LogP contribution in [0.25, 0.3) is 10.9 Å². The van der Waals surface area contributed by atoms with Crippen LogP contribution in [0.4, 0.5) is 0 Å². The van der Waals surface area contributed by atoms with E-state index >= 15 is 0 Å². The van der Waals surface area contributed by atoms with Crippen molar-refractivity contribution in [3.8, 4) is 5.75 Å². The van der Waals surface area contributed by atoms with Crippen molar-refractivity contribution >= 4 is 22.7 Å². The molecule has 0 radical (unpaired) electrons. The average Bonchev–Trinajstić information content (AvgIpc) is 3.01. The molecule has 140 valence electrons. The van der Waals surface area contributed by atoms with E-state index in [0.29, 0.717) is 11.3 Å². The van der Waals surface area contributed by atoms with Gasteiger partial charge in [0.15, 0.2) is 12.7 Å². The van der Waals surface area contributed by atoms with Crippen molar-refractivity contribution < 1.29 is 19.1 Å². The molecule has 0 fully saturated rings. The lowest BCUT2D eigenvalue weighted by Gasteiger charge is -2.13. The second-order valence-corrected chi connectivity index (χ2v) is 6.45. The molecule has 0 aliphatic carbocycles. The van der Waals surface area contributed by atoms with Crippen LogP contribution in [0.1, 0.15) is 35.5 Å². The molecule has 1 heterocycles. The number of aromatic amines is 1. The SMILES string of the molecule is CCc1ccc(OCC(=O)O[C@@H](C)C(=O)c2c(C)[nH]c3ccccc23)cc1. The number of carbonyl (C=O) groups is 2. The third-order valence-electron chi connectivity index (χ3n) is 4.51. The Labute approximate surface area is 158 Å². The fourth-order valence-electron chi connectivity index (χ4n) is 3.05. The zero-order valence-electron chi connectivity index (χ0n) is 15.7. The molecule has 2 aromatic carbocycles. The van der Waals surface area contributed by atoms with E-state index in [-0.39, 0.29) is 12.4 Å². The van der Waals surface area contributed by atoms with Crippen molar-refractivity contribution in [3.63, 3.8) is 0 Å². The Hall–Kier alpha value is -3.08. The molecule has 3 aromatic rings. The predicted molar refractivity (Wildman–Crippen MR) is 104 cm³/mol. The number of aromatic nitrogens is 1. The molecule has 0 amide bonds. The molecule has 0 aliphatic heterocycles. The highest BCUT2D eigenvalue weighted by Crippen LogP contribution is 2.24. The van der Waals surface area contributed by atoms with Gasteiger partial charge >= 0.3 is 5.97 Å². The van der Waals surface area contributed by atoms with Crippen LogP contribution in [-0.2, 0) is 16.0 Å². The number of hydrogen-bond donors (Lipinski definition) is 1. The minimum atomic E-state index is -0.888. The third kappa shape index (κ3) is 4.19. The van der Waals surface area contributed by atoms with E-state index in [9.17, 15) is 9.59 Å². The van der Waals surface area contributed by atoms with Crippen molar-refractivity contribution in [3.05, 3.63) is 65.4 Å². The van der Waals surface area contributed by atoms with Crippen molar-refractivity contribution in [2.45, 2.75) is 33.3 Å². The number of ether oxygens (including phenoxy) is 2. The number of ketones is 1. The molecule has 27 heavy (non-hydrogen) atoms. The zero-order chi connectivity index (χ0) is 19.4. The van der Waals surface area contributed by atoms with E-state index in [2.05, 4.69) is 11.9 Å². The summed E-state index contributed by atoms with van der Waals surface area (Å²) in [6.45, 7) is 5.25. The lowest BCUT2D eigenvalue weighted by Crippen LogP contribution is -2.27. The highest BCUT2D eigenvalue weighted by atomic mass is 16.6. The van der Waals surface area contributed by atoms with Gasteiger partial charge in [0.2, 0.25) is 5.78 Å². The molecule has 0 saturated carbocycles. The topological polar surface area (TPSA) is 68.4 Å². The Morgan fingerprint density at radius 1 is 1.07 bits per heavy atom. The summed E-state index contributed by atoms with van der Waals surface area (Å²) in [5.41, 5.74) is 3.40. The zero-order valence-corrected chi connectivity index (χ0v) is 15.7. The fraction of sp³-hybridized carbons (Fsp3) is 0.273. The van der Waals surface area contributed by atoms with E-state index in [4.69, 9.17) is 9.47 Å².